The van der Waals surface area contributed by atoms with Crippen LogP contribution in [0.2, 0.25) is 5.15 Å². The van der Waals surface area contributed by atoms with E-state index >= 15 is 0 Å². The van der Waals surface area contributed by atoms with Gasteiger partial charge in [0.1, 0.15) is 10.9 Å². The molecule has 1 fully saturated rings. The first kappa shape index (κ1) is 16.0. The molecule has 1 aliphatic rings. The molecule has 21 heavy (non-hydrogen) atoms. The topological polar surface area (TPSA) is 93.4 Å². The van der Waals surface area contributed by atoms with Crippen molar-refractivity contribution >= 4 is 33.2 Å². The fourth-order valence-corrected chi connectivity index (χ4v) is 2.90. The number of alkyl halides is 3. The Morgan fingerprint density at radius 2 is 2.00 bits per heavy atom. The van der Waals surface area contributed by atoms with Crippen LogP contribution in [0.1, 0.15) is 12.1 Å². The monoisotopic (exact) mass is 343 g/mol. The molecule has 1 aliphatic heterocycles. The number of aromatic nitrogens is 1. The van der Waals surface area contributed by atoms with Crippen LogP contribution in [0.3, 0.4) is 0 Å². The number of rotatable bonds is 2. The molecule has 1 aromatic rings. The molecule has 2 rings (SSSR count). The van der Waals surface area contributed by atoms with Crippen molar-refractivity contribution in [1.82, 2.24) is 4.98 Å². The molecule has 1 aromatic heterocycles. The lowest BCUT2D eigenvalue weighted by atomic mass is 10.3. The summed E-state index contributed by atoms with van der Waals surface area (Å²) in [6.07, 6.45) is -5.02. The number of primary sulfonamides is 1. The van der Waals surface area contributed by atoms with Gasteiger partial charge in [0.2, 0.25) is 15.9 Å². The number of carbonyl (C=O) groups is 1. The Balaban J connectivity index is 2.34. The first-order valence-electron chi connectivity index (χ1n) is 5.56. The number of nitrogens with two attached hydrogens (primary N) is 1. The Morgan fingerprint density at radius 3 is 2.43 bits per heavy atom. The average Bonchev–Trinajstić information content (AvgIpc) is 2.70. The summed E-state index contributed by atoms with van der Waals surface area (Å²) in [5, 5.41) is 3.30. The Kier molecular flexibility index (Phi) is 3.89. The van der Waals surface area contributed by atoms with Gasteiger partial charge in [0.05, 0.1) is 5.69 Å². The van der Waals surface area contributed by atoms with Crippen LogP contribution < -0.4 is 10.0 Å². The summed E-state index contributed by atoms with van der Waals surface area (Å²) in [7, 11) is -3.93. The highest BCUT2D eigenvalue weighted by Crippen LogP contribution is 2.34. The maximum absolute atomic E-state index is 12.5. The van der Waals surface area contributed by atoms with E-state index in [9.17, 15) is 26.4 Å². The molecule has 0 aromatic carbocycles. The molecule has 6 nitrogen and oxygen atoms in total. The lowest BCUT2D eigenvalue weighted by Crippen LogP contribution is -2.32. The van der Waals surface area contributed by atoms with E-state index in [0.29, 0.717) is 6.07 Å². The highest BCUT2D eigenvalue weighted by Gasteiger charge is 2.39. The van der Waals surface area contributed by atoms with Crippen LogP contribution in [0.25, 0.3) is 0 Å². The number of pyridine rings is 1. The fraction of sp³-hybridized carbons (Fsp3) is 0.400. The van der Waals surface area contributed by atoms with Crippen LogP contribution >= 0.6 is 11.6 Å². The van der Waals surface area contributed by atoms with Gasteiger partial charge in [-0.05, 0) is 12.1 Å². The maximum Gasteiger partial charge on any atom is 0.433 e. The molecule has 0 aliphatic carbocycles. The molecule has 116 valence electrons. The first-order valence-corrected chi connectivity index (χ1v) is 7.54. The second-order valence-electron chi connectivity index (χ2n) is 4.42. The van der Waals surface area contributed by atoms with Crippen molar-refractivity contribution in [1.29, 1.82) is 0 Å². The van der Waals surface area contributed by atoms with Gasteiger partial charge in [0.25, 0.3) is 0 Å². The molecule has 0 saturated carbocycles. The summed E-state index contributed by atoms with van der Waals surface area (Å²) in [6, 6.07) is 1.64. The number of amides is 1. The van der Waals surface area contributed by atoms with E-state index in [1.807, 2.05) is 0 Å². The van der Waals surface area contributed by atoms with Crippen molar-refractivity contribution in [2.24, 2.45) is 5.14 Å². The van der Waals surface area contributed by atoms with Crippen LogP contribution in [0.15, 0.2) is 12.1 Å². The van der Waals surface area contributed by atoms with Crippen molar-refractivity contribution in [2.75, 3.05) is 11.4 Å². The lowest BCUT2D eigenvalue weighted by Gasteiger charge is -2.18. The van der Waals surface area contributed by atoms with Gasteiger partial charge in [-0.15, -0.1) is 0 Å². The van der Waals surface area contributed by atoms with Gasteiger partial charge in [-0.25, -0.2) is 18.5 Å². The molecule has 0 spiro atoms. The molecule has 2 N–H and O–H groups in total. The van der Waals surface area contributed by atoms with E-state index in [1.54, 1.807) is 0 Å². The predicted octanol–water partition coefficient (Wildman–Crippen LogP) is 1.15. The molecule has 0 bridgehead atoms. The maximum atomic E-state index is 12.5. The van der Waals surface area contributed by atoms with E-state index in [1.165, 1.54) is 0 Å². The number of nitrogens with zero attached hydrogens (tertiary/aromatic N) is 2. The van der Waals surface area contributed by atoms with Crippen molar-refractivity contribution in [3.8, 4) is 0 Å². The van der Waals surface area contributed by atoms with Crippen molar-refractivity contribution in [3.05, 3.63) is 23.0 Å². The average molecular weight is 344 g/mol. The Labute approximate surface area is 122 Å². The van der Waals surface area contributed by atoms with Gasteiger partial charge in [-0.2, -0.15) is 13.2 Å². The molecule has 1 saturated heterocycles. The van der Waals surface area contributed by atoms with Crippen molar-refractivity contribution < 1.29 is 26.4 Å². The third-order valence-electron chi connectivity index (χ3n) is 2.96. The summed E-state index contributed by atoms with van der Waals surface area (Å²) >= 11 is 5.66. The Bertz CT molecular complexity index is 693. The first-order chi connectivity index (χ1) is 9.50. The van der Waals surface area contributed by atoms with Gasteiger partial charge < -0.3 is 4.90 Å². The molecule has 1 amide bonds. The zero-order valence-electron chi connectivity index (χ0n) is 10.3. The van der Waals surface area contributed by atoms with Gasteiger partial charge >= 0.3 is 6.18 Å². The second-order valence-corrected chi connectivity index (χ2v) is 6.63. The Morgan fingerprint density at radius 1 is 1.38 bits per heavy atom. The minimum Gasteiger partial charge on any atom is -0.308 e. The number of anilines is 1. The highest BCUT2D eigenvalue weighted by atomic mass is 35.5. The number of halogens is 4. The van der Waals surface area contributed by atoms with E-state index in [-0.39, 0.29) is 18.7 Å². The standard InChI is InChI=1S/C10H9ClF3N3O3S/c11-9-6(1-2-7(16-9)10(12,13)14)17-4-5(3-8(17)18)21(15,19)20/h1-2,5H,3-4H2,(H2,15,19,20). The smallest absolute Gasteiger partial charge is 0.308 e. The minimum atomic E-state index is -4.67. The van der Waals surface area contributed by atoms with E-state index in [2.05, 4.69) is 4.98 Å². The molecular formula is C10H9ClF3N3O3S. The van der Waals surface area contributed by atoms with E-state index in [0.717, 1.165) is 11.0 Å². The molecule has 11 heteroatoms. The normalized spacial score (nSPS) is 20.1. The van der Waals surface area contributed by atoms with Crippen molar-refractivity contribution in [2.45, 2.75) is 17.8 Å². The lowest BCUT2D eigenvalue weighted by molar-refractivity contribution is -0.141. The summed E-state index contributed by atoms with van der Waals surface area (Å²) in [4.78, 5) is 15.9. The zero-order valence-corrected chi connectivity index (χ0v) is 11.8. The highest BCUT2D eigenvalue weighted by molar-refractivity contribution is 7.89. The van der Waals surface area contributed by atoms with Crippen LogP contribution in [-0.2, 0) is 21.0 Å². The predicted molar refractivity (Wildman–Crippen MR) is 68.1 cm³/mol. The summed E-state index contributed by atoms with van der Waals surface area (Å²) < 4.78 is 59.9. The van der Waals surface area contributed by atoms with Gasteiger partial charge in [0.15, 0.2) is 5.15 Å². The molecule has 2 heterocycles. The third kappa shape index (κ3) is 3.27. The molecular weight excluding hydrogens is 335 g/mol. The van der Waals surface area contributed by atoms with Gasteiger partial charge in [0, 0.05) is 13.0 Å². The number of sulfonamides is 1. The largest absolute Gasteiger partial charge is 0.433 e. The molecule has 1 unspecified atom stereocenters. The summed E-state index contributed by atoms with van der Waals surface area (Å²) in [6.45, 7) is -0.273. The SMILES string of the molecule is NS(=O)(=O)C1CC(=O)N(c2ccc(C(F)(F)F)nc2Cl)C1. The van der Waals surface area contributed by atoms with Crippen LogP contribution in [-0.4, -0.2) is 31.1 Å². The van der Waals surface area contributed by atoms with Crippen LogP contribution in [0, 0.1) is 0 Å². The molecule has 0 radical (unpaired) electrons. The third-order valence-corrected chi connectivity index (χ3v) is 4.49. The minimum absolute atomic E-state index is 0.0826. The van der Waals surface area contributed by atoms with Gasteiger partial charge in [-0.1, -0.05) is 11.6 Å². The zero-order chi connectivity index (χ0) is 16.0. The van der Waals surface area contributed by atoms with E-state index < -0.39 is 38.2 Å². The summed E-state index contributed by atoms with van der Waals surface area (Å²) in [5.41, 5.74) is -1.29. The quantitative estimate of drug-likeness (QED) is 0.815. The van der Waals surface area contributed by atoms with Crippen LogP contribution in [0.4, 0.5) is 18.9 Å². The number of hydrogen-bond donors (Lipinski definition) is 1. The van der Waals surface area contributed by atoms with E-state index in [4.69, 9.17) is 16.7 Å². The fourth-order valence-electron chi connectivity index (χ4n) is 1.91. The number of hydrogen-bond acceptors (Lipinski definition) is 4. The molecule has 1 atom stereocenters. The van der Waals surface area contributed by atoms with Crippen molar-refractivity contribution in [3.63, 3.8) is 0 Å². The number of carbonyl (C=O) groups excluding carboxylic acids is 1. The van der Waals surface area contributed by atoms with Crippen LogP contribution in [0.5, 0.6) is 0 Å². The summed E-state index contributed by atoms with van der Waals surface area (Å²) in [5.74, 6) is -0.600. The van der Waals surface area contributed by atoms with Gasteiger partial charge in [-0.3, -0.25) is 4.79 Å². The second kappa shape index (κ2) is 5.11. The Hall–Kier alpha value is -1.39.